The van der Waals surface area contributed by atoms with Gasteiger partial charge in [-0.2, -0.15) is 0 Å². The Hall–Kier alpha value is -3.22. The van der Waals surface area contributed by atoms with E-state index in [1.807, 2.05) is 25.1 Å². The van der Waals surface area contributed by atoms with Crippen LogP contribution in [0.1, 0.15) is 6.92 Å². The van der Waals surface area contributed by atoms with E-state index in [-0.39, 0.29) is 12.5 Å². The molecule has 26 heavy (non-hydrogen) atoms. The van der Waals surface area contributed by atoms with E-state index in [0.29, 0.717) is 29.5 Å². The number of hydrogen-bond acceptors (Lipinski definition) is 5. The van der Waals surface area contributed by atoms with Crippen molar-refractivity contribution in [1.82, 2.24) is 9.55 Å². The molecule has 1 N–H and O–H groups in total. The molecule has 2 aromatic carbocycles. The summed E-state index contributed by atoms with van der Waals surface area (Å²) in [5.41, 5.74) is 2.18. The van der Waals surface area contributed by atoms with Crippen LogP contribution in [0, 0.1) is 0 Å². The molecule has 0 aliphatic carbocycles. The second-order valence-electron chi connectivity index (χ2n) is 5.58. The van der Waals surface area contributed by atoms with Gasteiger partial charge in [0, 0.05) is 23.9 Å². The number of fused-ring (bicyclic) bond motifs is 1. The molecule has 0 aliphatic heterocycles. The Labute approximate surface area is 151 Å². The monoisotopic (exact) mass is 355 g/mol. The molecule has 3 rings (SSSR count). The van der Waals surface area contributed by atoms with E-state index >= 15 is 0 Å². The largest absolute Gasteiger partial charge is 0.497 e. The fourth-order valence-electron chi connectivity index (χ4n) is 2.72. The Morgan fingerprint density at radius 3 is 2.54 bits per heavy atom. The van der Waals surface area contributed by atoms with Crippen LogP contribution in [-0.4, -0.2) is 36.3 Å². The average molecular weight is 355 g/mol. The summed E-state index contributed by atoms with van der Waals surface area (Å²) in [6.07, 6.45) is 1.64. The van der Waals surface area contributed by atoms with Crippen LogP contribution in [0.5, 0.6) is 17.2 Å². The van der Waals surface area contributed by atoms with Gasteiger partial charge < -0.3 is 24.1 Å². The maximum atomic E-state index is 12.5. The first-order chi connectivity index (χ1) is 12.6. The molecule has 3 aromatic rings. The molecular formula is C19H21N3O4. The number of carbonyl (C=O) groups is 1. The molecule has 1 aromatic heterocycles. The molecule has 0 aliphatic rings. The normalized spacial score (nSPS) is 10.6. The lowest BCUT2D eigenvalue weighted by Crippen LogP contribution is -2.18. The molecule has 0 spiro atoms. The maximum absolute atomic E-state index is 12.5. The lowest BCUT2D eigenvalue weighted by atomic mass is 10.2. The molecule has 0 atom stereocenters. The number of ether oxygens (including phenoxy) is 3. The van der Waals surface area contributed by atoms with E-state index in [9.17, 15) is 4.79 Å². The highest BCUT2D eigenvalue weighted by atomic mass is 16.5. The summed E-state index contributed by atoms with van der Waals surface area (Å²) in [7, 11) is 3.13. The van der Waals surface area contributed by atoms with Crippen LogP contribution < -0.4 is 19.5 Å². The summed E-state index contributed by atoms with van der Waals surface area (Å²) in [5.74, 6) is 1.72. The van der Waals surface area contributed by atoms with E-state index in [0.717, 1.165) is 11.0 Å². The first-order valence-corrected chi connectivity index (χ1v) is 8.24. The number of hydrogen-bond donors (Lipinski definition) is 1. The summed E-state index contributed by atoms with van der Waals surface area (Å²) in [6, 6.07) is 10.9. The van der Waals surface area contributed by atoms with Gasteiger partial charge in [0.1, 0.15) is 29.3 Å². The second-order valence-corrected chi connectivity index (χ2v) is 5.58. The van der Waals surface area contributed by atoms with Gasteiger partial charge in [0.25, 0.3) is 0 Å². The molecular weight excluding hydrogens is 334 g/mol. The predicted molar refractivity (Wildman–Crippen MR) is 99.1 cm³/mol. The zero-order chi connectivity index (χ0) is 18.5. The molecule has 0 bridgehead atoms. The van der Waals surface area contributed by atoms with Gasteiger partial charge in [-0.1, -0.05) is 6.07 Å². The molecule has 0 fully saturated rings. The Morgan fingerprint density at radius 1 is 1.15 bits per heavy atom. The van der Waals surface area contributed by atoms with Crippen molar-refractivity contribution in [2.75, 3.05) is 26.1 Å². The molecule has 136 valence electrons. The van der Waals surface area contributed by atoms with Gasteiger partial charge in [-0.25, -0.2) is 4.98 Å². The molecule has 7 nitrogen and oxygen atoms in total. The van der Waals surface area contributed by atoms with Crippen LogP contribution >= 0.6 is 0 Å². The number of methoxy groups -OCH3 is 2. The van der Waals surface area contributed by atoms with Crippen molar-refractivity contribution < 1.29 is 19.0 Å². The second kappa shape index (κ2) is 7.77. The van der Waals surface area contributed by atoms with Crippen molar-refractivity contribution in [2.45, 2.75) is 13.5 Å². The number of nitrogens with one attached hydrogen (secondary N) is 1. The molecule has 7 heteroatoms. The molecule has 0 saturated heterocycles. The summed E-state index contributed by atoms with van der Waals surface area (Å²) in [5, 5.41) is 2.86. The van der Waals surface area contributed by atoms with Gasteiger partial charge in [-0.3, -0.25) is 4.79 Å². The minimum absolute atomic E-state index is 0.111. The number of para-hydroxylation sites is 1. The number of carbonyl (C=O) groups excluding carboxylic acids is 1. The van der Waals surface area contributed by atoms with Gasteiger partial charge >= 0.3 is 0 Å². The van der Waals surface area contributed by atoms with Crippen LogP contribution in [-0.2, 0) is 11.3 Å². The number of benzene rings is 2. The number of anilines is 1. The van der Waals surface area contributed by atoms with Crippen molar-refractivity contribution in [2.24, 2.45) is 0 Å². The van der Waals surface area contributed by atoms with Crippen molar-refractivity contribution in [3.8, 4) is 17.2 Å². The fraction of sp³-hybridized carbons (Fsp3) is 0.263. The summed E-state index contributed by atoms with van der Waals surface area (Å²) in [4.78, 5) is 16.8. The maximum Gasteiger partial charge on any atom is 0.244 e. The quantitative estimate of drug-likeness (QED) is 0.705. The number of aromatic nitrogens is 2. The standard InChI is InChI=1S/C19H21N3O4/c1-4-26-17-7-5-6-16-19(17)22(12-20-16)11-18(23)21-13-8-14(24-2)10-15(9-13)25-3/h5-10,12H,4,11H2,1-3H3,(H,21,23). The zero-order valence-corrected chi connectivity index (χ0v) is 15.0. The molecule has 0 unspecified atom stereocenters. The number of imidazole rings is 1. The third-order valence-corrected chi connectivity index (χ3v) is 3.85. The van der Waals surface area contributed by atoms with E-state index in [1.165, 1.54) is 0 Å². The van der Waals surface area contributed by atoms with E-state index in [2.05, 4.69) is 10.3 Å². The van der Waals surface area contributed by atoms with E-state index < -0.39 is 0 Å². The van der Waals surface area contributed by atoms with Crippen LogP contribution in [0.4, 0.5) is 5.69 Å². The Morgan fingerprint density at radius 2 is 1.88 bits per heavy atom. The lowest BCUT2D eigenvalue weighted by Gasteiger charge is -2.11. The van der Waals surface area contributed by atoms with Crippen LogP contribution in [0.15, 0.2) is 42.7 Å². The highest BCUT2D eigenvalue weighted by Gasteiger charge is 2.12. The molecule has 1 heterocycles. The number of rotatable bonds is 7. The van der Waals surface area contributed by atoms with E-state index in [4.69, 9.17) is 14.2 Å². The van der Waals surface area contributed by atoms with Gasteiger partial charge in [-0.05, 0) is 19.1 Å². The van der Waals surface area contributed by atoms with Crippen LogP contribution in [0.2, 0.25) is 0 Å². The Bertz CT molecular complexity index is 898. The molecule has 1 amide bonds. The topological polar surface area (TPSA) is 74.6 Å². The minimum atomic E-state index is -0.189. The van der Waals surface area contributed by atoms with E-state index in [1.54, 1.807) is 43.3 Å². The van der Waals surface area contributed by atoms with Crippen molar-refractivity contribution in [3.63, 3.8) is 0 Å². The first kappa shape index (κ1) is 17.6. The predicted octanol–water partition coefficient (Wildman–Crippen LogP) is 3.09. The van der Waals surface area contributed by atoms with Crippen molar-refractivity contribution in [1.29, 1.82) is 0 Å². The summed E-state index contributed by atoms with van der Waals surface area (Å²) >= 11 is 0. The highest BCUT2D eigenvalue weighted by molar-refractivity contribution is 5.92. The van der Waals surface area contributed by atoms with Gasteiger partial charge in [0.15, 0.2) is 0 Å². The van der Waals surface area contributed by atoms with Crippen molar-refractivity contribution in [3.05, 3.63) is 42.7 Å². The third-order valence-electron chi connectivity index (χ3n) is 3.85. The smallest absolute Gasteiger partial charge is 0.244 e. The van der Waals surface area contributed by atoms with Crippen molar-refractivity contribution >= 4 is 22.6 Å². The molecule has 0 radical (unpaired) electrons. The number of amides is 1. The summed E-state index contributed by atoms with van der Waals surface area (Å²) in [6.45, 7) is 2.57. The molecule has 0 saturated carbocycles. The third kappa shape index (κ3) is 3.72. The zero-order valence-electron chi connectivity index (χ0n) is 15.0. The van der Waals surface area contributed by atoms with Gasteiger partial charge in [0.05, 0.1) is 32.7 Å². The Balaban J connectivity index is 1.82. The fourth-order valence-corrected chi connectivity index (χ4v) is 2.72. The highest BCUT2D eigenvalue weighted by Crippen LogP contribution is 2.27. The number of nitrogens with zero attached hydrogens (tertiary/aromatic N) is 2. The average Bonchev–Trinajstić information content (AvgIpc) is 3.05. The van der Waals surface area contributed by atoms with Gasteiger partial charge in [-0.15, -0.1) is 0 Å². The van der Waals surface area contributed by atoms with Crippen LogP contribution in [0.3, 0.4) is 0 Å². The SMILES string of the molecule is CCOc1cccc2ncn(CC(=O)Nc3cc(OC)cc(OC)c3)c12. The Kier molecular flexibility index (Phi) is 5.26. The summed E-state index contributed by atoms with van der Waals surface area (Å²) < 4.78 is 17.9. The van der Waals surface area contributed by atoms with Crippen LogP contribution in [0.25, 0.3) is 11.0 Å². The minimum Gasteiger partial charge on any atom is -0.497 e. The van der Waals surface area contributed by atoms with Gasteiger partial charge in [0.2, 0.25) is 5.91 Å². The first-order valence-electron chi connectivity index (χ1n) is 8.24. The lowest BCUT2D eigenvalue weighted by molar-refractivity contribution is -0.116.